The second-order valence-electron chi connectivity index (χ2n) is 11.2. The Morgan fingerprint density at radius 3 is 1.43 bits per heavy atom. The highest BCUT2D eigenvalue weighted by Gasteiger charge is 2.48. The van der Waals surface area contributed by atoms with E-state index >= 15 is 0 Å². The molecule has 5 nitrogen and oxygen atoms in total. The molecule has 0 fully saturated rings. The predicted octanol–water partition coefficient (Wildman–Crippen LogP) is 0.542. The second-order valence-corrected chi connectivity index (χ2v) is 16.6. The minimum absolute atomic E-state index is 0.245. The Balaban J connectivity index is 2.03. The van der Waals surface area contributed by atoms with E-state index in [1.54, 1.807) is 6.92 Å². The number of hydrogen-bond acceptors (Lipinski definition) is 4. The Bertz CT molecular complexity index is 1340. The van der Waals surface area contributed by atoms with Gasteiger partial charge in [-0.05, 0) is 104 Å². The third kappa shape index (κ3) is 7.46. The number of carbonyl (C=O) groups is 1. The van der Waals surface area contributed by atoms with Gasteiger partial charge in [0.25, 0.3) is 0 Å². The Kier molecular flexibility index (Phi) is 10.9. The summed E-state index contributed by atoms with van der Waals surface area (Å²) < 4.78 is 20.6. The fourth-order valence-electron chi connectivity index (χ4n) is 4.48. The summed E-state index contributed by atoms with van der Waals surface area (Å²) in [6.07, 6.45) is 0. The number of carbonyl (C=O) groups excluding carboxylic acids is 1. The molecule has 9 heteroatoms. The lowest BCUT2D eigenvalue weighted by molar-refractivity contribution is -0.195. The van der Waals surface area contributed by atoms with E-state index in [-0.39, 0.29) is 5.91 Å². The number of benzene rings is 3. The average molecular weight is 608 g/mol. The van der Waals surface area contributed by atoms with Crippen molar-refractivity contribution in [3.63, 3.8) is 0 Å². The van der Waals surface area contributed by atoms with Gasteiger partial charge < -0.3 is 18.6 Å². The van der Waals surface area contributed by atoms with E-state index in [2.05, 4.69) is 108 Å². The molecule has 0 spiro atoms. The maximum Gasteiger partial charge on any atom is 0.248 e. The molecule has 1 N–H and O–H groups in total. The summed E-state index contributed by atoms with van der Waals surface area (Å²) >= 11 is 0. The van der Waals surface area contributed by atoms with Crippen molar-refractivity contribution in [1.82, 2.24) is 5.32 Å². The van der Waals surface area contributed by atoms with Gasteiger partial charge in [-0.1, -0.05) is 61.2 Å². The molecule has 3 aromatic carbocycles. The molecule has 0 aliphatic carbocycles. The molecule has 0 radical (unpaired) electrons. The number of aryl methyl sites for hydroxylation is 3. The van der Waals surface area contributed by atoms with Crippen LogP contribution in [0.4, 0.5) is 0 Å². The lowest BCUT2D eigenvalue weighted by Crippen LogP contribution is -2.69. The Morgan fingerprint density at radius 1 is 0.725 bits per heavy atom. The van der Waals surface area contributed by atoms with Crippen molar-refractivity contribution >= 4 is 61.0 Å². The molecular formula is C31H45NO4Si4. The normalized spacial score (nSPS) is 15.3. The number of hydrogen-bond donors (Lipinski definition) is 1. The molecule has 0 aliphatic heterocycles. The van der Waals surface area contributed by atoms with Crippen LogP contribution in [0.25, 0.3) is 0 Å². The van der Waals surface area contributed by atoms with E-state index < -0.39 is 40.4 Å². The lowest BCUT2D eigenvalue weighted by atomic mass is 10.1. The third-order valence-electron chi connectivity index (χ3n) is 8.28. The first-order valence-corrected chi connectivity index (χ1v) is 18.7. The number of nitrogens with one attached hydrogen (secondary N) is 1. The van der Waals surface area contributed by atoms with Crippen LogP contribution in [0.2, 0.25) is 0 Å². The first-order chi connectivity index (χ1) is 18.8. The molecule has 0 bridgehead atoms. The van der Waals surface area contributed by atoms with Crippen molar-refractivity contribution in [2.45, 2.75) is 66.5 Å². The number of amides is 1. The van der Waals surface area contributed by atoms with Crippen LogP contribution in [0.5, 0.6) is 0 Å². The minimum atomic E-state index is -1.24. The first kappa shape index (κ1) is 32.1. The van der Waals surface area contributed by atoms with Crippen LogP contribution >= 0.6 is 0 Å². The molecule has 214 valence electrons. The van der Waals surface area contributed by atoms with Crippen molar-refractivity contribution in [2.75, 3.05) is 0 Å². The van der Waals surface area contributed by atoms with Gasteiger partial charge in [-0.15, -0.1) is 0 Å². The maximum absolute atomic E-state index is 13.1. The van der Waals surface area contributed by atoms with Crippen LogP contribution < -0.4 is 20.9 Å². The highest BCUT2D eigenvalue weighted by molar-refractivity contribution is 6.50. The zero-order valence-corrected chi connectivity index (χ0v) is 31.9. The van der Waals surface area contributed by atoms with Gasteiger partial charge in [0.2, 0.25) is 5.91 Å². The summed E-state index contributed by atoms with van der Waals surface area (Å²) in [7, 11) is -3.24. The van der Waals surface area contributed by atoms with Crippen LogP contribution in [-0.4, -0.2) is 56.6 Å². The van der Waals surface area contributed by atoms with Gasteiger partial charge in [0.15, 0.2) is 40.4 Å². The van der Waals surface area contributed by atoms with Crippen LogP contribution in [-0.2, 0) is 18.1 Å². The van der Waals surface area contributed by atoms with Crippen LogP contribution in [0.3, 0.4) is 0 Å². The van der Waals surface area contributed by atoms with Gasteiger partial charge in [-0.25, -0.2) is 0 Å². The van der Waals surface area contributed by atoms with E-state index in [9.17, 15) is 4.79 Å². The fourth-order valence-corrected chi connectivity index (χ4v) is 10.7. The Labute approximate surface area is 250 Å². The van der Waals surface area contributed by atoms with E-state index in [0.717, 1.165) is 0 Å². The predicted molar refractivity (Wildman–Crippen MR) is 180 cm³/mol. The standard InChI is InChI=1S/C31H45NO4Si4/c1-19(2)29(33)32-31(37,36-40-28-18-12-15-22(5)25(28)8)30(9,34-38-26-16-10-13-20(3)23(26)6)35-39-27-17-11-14-21(4)24(27)7/h10-18H,1,38-40H2,2-9,37H3,(H,32,33). The van der Waals surface area contributed by atoms with Gasteiger partial charge in [0.05, 0.1) is 10.2 Å². The zero-order chi connectivity index (χ0) is 29.7. The van der Waals surface area contributed by atoms with E-state index in [0.29, 0.717) is 15.8 Å². The van der Waals surface area contributed by atoms with Crippen molar-refractivity contribution in [3.8, 4) is 0 Å². The van der Waals surface area contributed by atoms with Gasteiger partial charge in [-0.3, -0.25) is 4.79 Å². The molecule has 1 atom stereocenters. The topological polar surface area (TPSA) is 56.8 Å². The van der Waals surface area contributed by atoms with Crippen molar-refractivity contribution in [1.29, 1.82) is 0 Å². The third-order valence-corrected chi connectivity index (χ3v) is 15.6. The Morgan fingerprint density at radius 2 is 1.07 bits per heavy atom. The molecule has 0 aliphatic rings. The SMILES string of the molecule is C=C(C)C(=O)NC([SiH3])(O[SiH2]c1cccc(C)c1C)C(C)(O[SiH2]c1cccc(C)c1C)O[SiH2]c1cccc(C)c1C. The highest BCUT2D eigenvalue weighted by Crippen LogP contribution is 2.27. The number of rotatable bonds is 12. The summed E-state index contributed by atoms with van der Waals surface area (Å²) in [4.78, 5) is 13.1. The second kappa shape index (κ2) is 13.5. The largest absolute Gasteiger partial charge is 0.396 e. The first-order valence-electron chi connectivity index (χ1n) is 13.8. The molecule has 0 aromatic heterocycles. The molecule has 0 heterocycles. The van der Waals surface area contributed by atoms with Crippen molar-refractivity contribution < 1.29 is 18.1 Å². The van der Waals surface area contributed by atoms with Gasteiger partial charge >= 0.3 is 0 Å². The zero-order valence-electron chi connectivity index (χ0n) is 25.7. The summed E-state index contributed by atoms with van der Waals surface area (Å²) in [5.74, 6) is -1.40. The quantitative estimate of drug-likeness (QED) is 0.186. The van der Waals surface area contributed by atoms with Crippen molar-refractivity contribution in [2.24, 2.45) is 0 Å². The fraction of sp³-hybridized carbons (Fsp3) is 0.323. The summed E-state index contributed by atoms with van der Waals surface area (Å²) in [6.45, 7) is 20.4. The molecular weight excluding hydrogens is 563 g/mol. The highest BCUT2D eigenvalue weighted by atomic mass is 28.2. The van der Waals surface area contributed by atoms with E-state index in [1.165, 1.54) is 48.9 Å². The van der Waals surface area contributed by atoms with Crippen LogP contribution in [0.1, 0.15) is 47.2 Å². The Hall–Kier alpha value is -2.38. The summed E-state index contributed by atoms with van der Waals surface area (Å²) in [5.41, 5.74) is 7.89. The van der Waals surface area contributed by atoms with Gasteiger partial charge in [-0.2, -0.15) is 0 Å². The van der Waals surface area contributed by atoms with E-state index in [1.807, 2.05) is 6.92 Å². The van der Waals surface area contributed by atoms with E-state index in [4.69, 9.17) is 13.3 Å². The summed E-state index contributed by atoms with van der Waals surface area (Å²) in [5, 5.41) is 5.76. The minimum Gasteiger partial charge on any atom is -0.396 e. The van der Waals surface area contributed by atoms with Crippen molar-refractivity contribution in [3.05, 3.63) is 100 Å². The van der Waals surface area contributed by atoms with Gasteiger partial charge in [0.1, 0.15) is 0 Å². The molecule has 0 saturated heterocycles. The molecule has 1 unspecified atom stereocenters. The monoisotopic (exact) mass is 607 g/mol. The maximum atomic E-state index is 13.1. The molecule has 40 heavy (non-hydrogen) atoms. The average Bonchev–Trinajstić information content (AvgIpc) is 2.91. The smallest absolute Gasteiger partial charge is 0.248 e. The molecule has 3 aromatic rings. The summed E-state index contributed by atoms with van der Waals surface area (Å²) in [6, 6.07) is 19.0. The molecule has 1 amide bonds. The van der Waals surface area contributed by atoms with Crippen LogP contribution in [0, 0.1) is 41.5 Å². The van der Waals surface area contributed by atoms with Crippen LogP contribution in [0.15, 0.2) is 66.7 Å². The molecule has 0 saturated carbocycles. The lowest BCUT2D eigenvalue weighted by Gasteiger charge is -2.47. The molecule has 3 rings (SSSR count). The van der Waals surface area contributed by atoms with Gasteiger partial charge in [0, 0.05) is 5.57 Å².